The molecule has 222 valence electrons. The number of rotatable bonds is 9. The largest absolute Gasteiger partial charge is 0.370 e. The summed E-state index contributed by atoms with van der Waals surface area (Å²) in [5, 5.41) is 12.8. The van der Waals surface area contributed by atoms with E-state index in [9.17, 15) is 14.5 Å². The molecule has 42 heavy (non-hydrogen) atoms. The van der Waals surface area contributed by atoms with Crippen LogP contribution in [0.3, 0.4) is 0 Å². The van der Waals surface area contributed by atoms with Crippen LogP contribution in [0.5, 0.6) is 0 Å². The van der Waals surface area contributed by atoms with Gasteiger partial charge in [-0.2, -0.15) is 0 Å². The lowest BCUT2D eigenvalue weighted by Crippen LogP contribution is -2.63. The molecule has 0 aromatic heterocycles. The van der Waals surface area contributed by atoms with Crippen LogP contribution in [0.25, 0.3) is 0 Å². The lowest BCUT2D eigenvalue weighted by atomic mass is 9.75. The average molecular weight is 611 g/mol. The van der Waals surface area contributed by atoms with Gasteiger partial charge in [-0.3, -0.25) is 14.4 Å². The minimum absolute atomic E-state index is 0.0683. The molecule has 0 radical (unpaired) electrons. The van der Waals surface area contributed by atoms with Crippen molar-refractivity contribution < 1.29 is 23.7 Å². The van der Waals surface area contributed by atoms with Gasteiger partial charge >= 0.3 is 12.9 Å². The smallest absolute Gasteiger partial charge is 0.362 e. The molecule has 2 aliphatic rings. The summed E-state index contributed by atoms with van der Waals surface area (Å²) < 4.78 is 26.4. The van der Waals surface area contributed by atoms with E-state index in [1.54, 1.807) is 27.2 Å². The second-order valence-corrected chi connectivity index (χ2v) is 13.9. The first-order valence-corrected chi connectivity index (χ1v) is 16.3. The van der Waals surface area contributed by atoms with Gasteiger partial charge in [0.2, 0.25) is 0 Å². The van der Waals surface area contributed by atoms with Crippen molar-refractivity contribution in [1.29, 1.82) is 0 Å². The van der Waals surface area contributed by atoms with E-state index in [0.29, 0.717) is 18.7 Å². The molecule has 0 bridgehead atoms. The Morgan fingerprint density at radius 1 is 0.976 bits per heavy atom. The maximum atomic E-state index is 13.1. The Bertz CT molecular complexity index is 1350. The van der Waals surface area contributed by atoms with Crippen molar-refractivity contribution in [2.24, 2.45) is 0 Å². The minimum Gasteiger partial charge on any atom is -0.370 e. The molecule has 2 N–H and O–H groups in total. The van der Waals surface area contributed by atoms with Crippen LogP contribution in [-0.4, -0.2) is 78.0 Å². The molecule has 2 aliphatic heterocycles. The zero-order valence-corrected chi connectivity index (χ0v) is 25.5. The Morgan fingerprint density at radius 2 is 1.48 bits per heavy atom. The van der Waals surface area contributed by atoms with Crippen LogP contribution < -0.4 is 5.32 Å². The van der Waals surface area contributed by atoms with Crippen molar-refractivity contribution in [1.82, 2.24) is 19.8 Å². The van der Waals surface area contributed by atoms with Crippen LogP contribution in [0.4, 0.5) is 4.79 Å². The van der Waals surface area contributed by atoms with E-state index in [1.807, 2.05) is 54.6 Å². The number of aliphatic hydroxyl groups excluding tert-OH is 1. The van der Waals surface area contributed by atoms with Crippen LogP contribution >= 0.6 is 18.1 Å². The number of benzene rings is 3. The summed E-state index contributed by atoms with van der Waals surface area (Å²) >= 11 is 6.23. The molecule has 3 unspecified atom stereocenters. The van der Waals surface area contributed by atoms with Gasteiger partial charge < -0.3 is 19.7 Å². The first-order valence-electron chi connectivity index (χ1n) is 13.8. The zero-order chi connectivity index (χ0) is 29.9. The molecule has 11 heteroatoms. The molecule has 0 spiro atoms. The van der Waals surface area contributed by atoms with E-state index in [0.717, 1.165) is 16.7 Å². The number of nitrogens with zero attached hydrogens (tertiary/aromatic N) is 3. The normalized spacial score (nSPS) is 23.3. The number of nitrogens with one attached hydrogen (secondary N) is 1. The zero-order valence-electron chi connectivity index (χ0n) is 23.8. The number of halogens is 1. The highest BCUT2D eigenvalue weighted by atomic mass is 35.7. The van der Waals surface area contributed by atoms with Gasteiger partial charge in [0.15, 0.2) is 12.5 Å². The number of hydrogen-bond acceptors (Lipinski definition) is 6. The molecular formula is C31H36ClN4O5P. The van der Waals surface area contributed by atoms with E-state index in [2.05, 4.69) is 46.6 Å². The number of carbonyl (C=O) groups excluding carboxylic acids is 1. The molecule has 4 atom stereocenters. The van der Waals surface area contributed by atoms with Crippen molar-refractivity contribution >= 4 is 24.1 Å². The molecule has 0 aliphatic carbocycles. The second kappa shape index (κ2) is 12.7. The van der Waals surface area contributed by atoms with Crippen molar-refractivity contribution in [2.75, 3.05) is 33.8 Å². The summed E-state index contributed by atoms with van der Waals surface area (Å²) in [6.45, 7) is -1.22. The molecule has 5 rings (SSSR count). The van der Waals surface area contributed by atoms with Crippen molar-refractivity contribution in [3.05, 3.63) is 119 Å². The standard InChI is InChI=1S/C31H36ClN4O5P/c1-23-19-36(30(38)33-29(23)37)28-21-35(20-27(41-28)22-40-42(32,39)34(2)3)31(24-13-7-4-8-14-24,25-15-9-5-10-16-25)26-17-11-6-12-18-26/h4-19,27-29,37H,20-22H2,1-3H3,(H,33,38)/t27?,28?,29-,42?/m1/s1. The Balaban J connectivity index is 1.66. The Kier molecular flexibility index (Phi) is 9.20. The van der Waals surface area contributed by atoms with Gasteiger partial charge in [0, 0.05) is 19.3 Å². The molecule has 2 heterocycles. The lowest BCUT2D eigenvalue weighted by Gasteiger charge is -2.52. The van der Waals surface area contributed by atoms with Crippen LogP contribution in [0.2, 0.25) is 0 Å². The van der Waals surface area contributed by atoms with Crippen molar-refractivity contribution in [2.45, 2.75) is 31.0 Å². The molecule has 3 aromatic carbocycles. The van der Waals surface area contributed by atoms with E-state index >= 15 is 0 Å². The highest BCUT2D eigenvalue weighted by Crippen LogP contribution is 2.54. The van der Waals surface area contributed by atoms with Crippen LogP contribution in [0, 0.1) is 0 Å². The van der Waals surface area contributed by atoms with Crippen molar-refractivity contribution in [3.63, 3.8) is 0 Å². The molecule has 0 saturated carbocycles. The van der Waals surface area contributed by atoms with Crippen LogP contribution in [0.15, 0.2) is 103 Å². The highest BCUT2D eigenvalue weighted by molar-refractivity contribution is 7.83. The van der Waals surface area contributed by atoms with E-state index in [1.165, 1.54) is 9.57 Å². The summed E-state index contributed by atoms with van der Waals surface area (Å²) in [6, 6.07) is 30.2. The predicted octanol–water partition coefficient (Wildman–Crippen LogP) is 5.18. The van der Waals surface area contributed by atoms with E-state index in [-0.39, 0.29) is 6.61 Å². The third-order valence-electron chi connectivity index (χ3n) is 7.68. The Hall–Kier alpha value is -3.01. The summed E-state index contributed by atoms with van der Waals surface area (Å²) in [5.74, 6) is 0. The fourth-order valence-corrected chi connectivity index (χ4v) is 6.33. The number of amides is 2. The van der Waals surface area contributed by atoms with Gasteiger partial charge in [-0.05, 0) is 54.5 Å². The van der Waals surface area contributed by atoms with Gasteiger partial charge in [-0.25, -0.2) is 9.46 Å². The number of urea groups is 1. The lowest BCUT2D eigenvalue weighted by molar-refractivity contribution is -0.153. The average Bonchev–Trinajstić information content (AvgIpc) is 3.00. The molecule has 9 nitrogen and oxygen atoms in total. The monoisotopic (exact) mass is 610 g/mol. The Morgan fingerprint density at radius 3 is 1.95 bits per heavy atom. The third kappa shape index (κ3) is 6.05. The summed E-state index contributed by atoms with van der Waals surface area (Å²) in [7, 11) is 3.18. The number of aliphatic hydroxyl groups is 1. The van der Waals surface area contributed by atoms with Crippen LogP contribution in [0.1, 0.15) is 23.6 Å². The molecule has 1 fully saturated rings. The SMILES string of the molecule is CC1=CN(C2CN(C(c3ccccc3)(c3ccccc3)c3ccccc3)CC(COP(=O)(Cl)N(C)C)O2)C(=O)N[C@@H]1O. The highest BCUT2D eigenvalue weighted by Gasteiger charge is 2.48. The maximum Gasteiger partial charge on any atom is 0.362 e. The Labute approximate surface area is 251 Å². The molecule has 2 amide bonds. The fraction of sp³-hybridized carbons (Fsp3) is 0.323. The van der Waals surface area contributed by atoms with Gasteiger partial charge in [0.1, 0.15) is 0 Å². The molecule has 3 aromatic rings. The number of morpholine rings is 1. The third-order valence-corrected chi connectivity index (χ3v) is 10.3. The maximum absolute atomic E-state index is 13.1. The van der Waals surface area contributed by atoms with Gasteiger partial charge in [0.05, 0.1) is 18.2 Å². The van der Waals surface area contributed by atoms with Crippen molar-refractivity contribution in [3.8, 4) is 0 Å². The molecule has 1 saturated heterocycles. The van der Waals surface area contributed by atoms with E-state index < -0.39 is 37.0 Å². The predicted molar refractivity (Wildman–Crippen MR) is 163 cm³/mol. The van der Waals surface area contributed by atoms with Gasteiger partial charge in [0.25, 0.3) is 0 Å². The fourth-order valence-electron chi connectivity index (χ4n) is 5.58. The summed E-state index contributed by atoms with van der Waals surface area (Å²) in [4.78, 5) is 16.9. The first-order chi connectivity index (χ1) is 20.1. The summed E-state index contributed by atoms with van der Waals surface area (Å²) in [6.07, 6.45) is -0.845. The number of ether oxygens (including phenoxy) is 1. The molecular weight excluding hydrogens is 575 g/mol. The number of carbonyl (C=O) groups is 1. The quantitative estimate of drug-likeness (QED) is 0.255. The minimum atomic E-state index is -3.58. The first kappa shape index (κ1) is 30.4. The van der Waals surface area contributed by atoms with Gasteiger partial charge in [-0.1, -0.05) is 91.0 Å². The summed E-state index contributed by atoms with van der Waals surface area (Å²) in [5.41, 5.74) is 2.88. The van der Waals surface area contributed by atoms with Crippen LogP contribution in [-0.2, 0) is 19.4 Å². The topological polar surface area (TPSA) is 94.6 Å². The van der Waals surface area contributed by atoms with E-state index in [4.69, 9.17) is 20.5 Å². The number of hydrogen-bond donors (Lipinski definition) is 2. The second-order valence-electron chi connectivity index (χ2n) is 10.7. The van der Waals surface area contributed by atoms with Gasteiger partial charge in [-0.15, -0.1) is 0 Å².